The molecule has 0 amide bonds. The van der Waals surface area contributed by atoms with Crippen LogP contribution in [0, 0.1) is 0 Å². The summed E-state index contributed by atoms with van der Waals surface area (Å²) in [5, 5.41) is 16.2. The SMILES string of the molecule is O.O.O.O.O=C(O)CCC(=O)OCC(=O)O.[NaH].[NaH].[NaH]. The molecule has 0 radical (unpaired) electrons. The van der Waals surface area contributed by atoms with Crippen molar-refractivity contribution in [3.05, 3.63) is 0 Å². The molecule has 0 rings (SSSR count). The van der Waals surface area contributed by atoms with Gasteiger partial charge in [0.15, 0.2) is 6.61 Å². The number of carbonyl (C=O) groups is 3. The Morgan fingerprint density at radius 3 is 1.37 bits per heavy atom. The van der Waals surface area contributed by atoms with Crippen LogP contribution in [-0.2, 0) is 19.1 Å². The van der Waals surface area contributed by atoms with E-state index in [0.29, 0.717) is 0 Å². The molecular formula is C6H19Na3O10. The molecule has 0 aliphatic rings. The van der Waals surface area contributed by atoms with Gasteiger partial charge in [-0.15, -0.1) is 0 Å². The van der Waals surface area contributed by atoms with Gasteiger partial charge in [-0.2, -0.15) is 0 Å². The Morgan fingerprint density at radius 1 is 0.737 bits per heavy atom. The third-order valence-electron chi connectivity index (χ3n) is 0.900. The van der Waals surface area contributed by atoms with E-state index in [1.807, 2.05) is 0 Å². The quantitative estimate of drug-likeness (QED) is 0.370. The molecule has 0 atom stereocenters. The predicted octanol–water partition coefficient (Wildman–Crippen LogP) is -5.77. The Kier molecular flexibility index (Phi) is 83.1. The van der Waals surface area contributed by atoms with Crippen molar-refractivity contribution in [3.8, 4) is 0 Å². The van der Waals surface area contributed by atoms with E-state index in [9.17, 15) is 14.4 Å². The van der Waals surface area contributed by atoms with Gasteiger partial charge in [0.25, 0.3) is 0 Å². The summed E-state index contributed by atoms with van der Waals surface area (Å²) in [6.45, 7) is -0.724. The molecule has 0 spiro atoms. The molecule has 0 aromatic rings. The van der Waals surface area contributed by atoms with Gasteiger partial charge in [-0.3, -0.25) is 9.59 Å². The monoisotopic (exact) mass is 320 g/mol. The van der Waals surface area contributed by atoms with Crippen LogP contribution in [0.3, 0.4) is 0 Å². The maximum atomic E-state index is 10.5. The van der Waals surface area contributed by atoms with Gasteiger partial charge in [-0.05, 0) is 0 Å². The molecule has 0 bridgehead atoms. The average molecular weight is 320 g/mol. The summed E-state index contributed by atoms with van der Waals surface area (Å²) in [5.41, 5.74) is 0. The number of carbonyl (C=O) groups excluding carboxylic acids is 1. The van der Waals surface area contributed by atoms with Crippen molar-refractivity contribution in [2.75, 3.05) is 6.61 Å². The van der Waals surface area contributed by atoms with E-state index < -0.39 is 24.5 Å². The molecule has 10 nitrogen and oxygen atoms in total. The van der Waals surface area contributed by atoms with Crippen LogP contribution < -0.4 is 0 Å². The zero-order chi connectivity index (χ0) is 9.56. The van der Waals surface area contributed by atoms with E-state index in [1.54, 1.807) is 0 Å². The van der Waals surface area contributed by atoms with Crippen LogP contribution >= 0.6 is 0 Å². The van der Waals surface area contributed by atoms with Gasteiger partial charge in [0.1, 0.15) is 0 Å². The van der Waals surface area contributed by atoms with Crippen LogP contribution in [0.5, 0.6) is 0 Å². The molecule has 0 saturated heterocycles. The van der Waals surface area contributed by atoms with Gasteiger partial charge in [0.2, 0.25) is 0 Å². The van der Waals surface area contributed by atoms with E-state index in [4.69, 9.17) is 10.2 Å². The molecule has 0 saturated carbocycles. The van der Waals surface area contributed by atoms with E-state index in [2.05, 4.69) is 4.74 Å². The van der Waals surface area contributed by atoms with E-state index >= 15 is 0 Å². The number of rotatable bonds is 5. The molecule has 19 heavy (non-hydrogen) atoms. The van der Waals surface area contributed by atoms with Crippen molar-refractivity contribution in [1.82, 2.24) is 0 Å². The number of carboxylic acid groups (broad SMARTS) is 2. The fraction of sp³-hybridized carbons (Fsp3) is 0.500. The molecule has 0 unspecified atom stereocenters. The fourth-order valence-corrected chi connectivity index (χ4v) is 0.423. The number of hydrogen-bond acceptors (Lipinski definition) is 4. The van der Waals surface area contributed by atoms with Gasteiger partial charge in [-0.25, -0.2) is 4.79 Å². The normalized spacial score (nSPS) is 5.68. The Hall–Kier alpha value is 1.25. The van der Waals surface area contributed by atoms with Gasteiger partial charge >= 0.3 is 107 Å². The van der Waals surface area contributed by atoms with Gasteiger partial charge in [0.05, 0.1) is 12.8 Å². The zero-order valence-electron chi connectivity index (χ0n) is 8.15. The van der Waals surface area contributed by atoms with Crippen LogP contribution in [0.25, 0.3) is 0 Å². The Bertz CT molecular complexity index is 191. The van der Waals surface area contributed by atoms with Crippen molar-refractivity contribution in [3.63, 3.8) is 0 Å². The molecule has 10 N–H and O–H groups in total. The second-order valence-electron chi connectivity index (χ2n) is 1.95. The van der Waals surface area contributed by atoms with Crippen molar-refractivity contribution in [2.24, 2.45) is 0 Å². The molecular weight excluding hydrogens is 301 g/mol. The molecule has 0 aliphatic carbocycles. The summed E-state index contributed by atoms with van der Waals surface area (Å²) in [4.78, 5) is 30.3. The third kappa shape index (κ3) is 45.3. The number of carboxylic acids is 2. The number of aliphatic carboxylic acids is 2. The molecule has 0 aromatic heterocycles. The van der Waals surface area contributed by atoms with Crippen molar-refractivity contribution in [2.45, 2.75) is 12.8 Å². The summed E-state index contributed by atoms with van der Waals surface area (Å²) < 4.78 is 4.15. The predicted molar refractivity (Wildman–Crippen MR) is 71.4 cm³/mol. The maximum absolute atomic E-state index is 10.5. The summed E-state index contributed by atoms with van der Waals surface area (Å²) in [7, 11) is 0. The second-order valence-corrected chi connectivity index (χ2v) is 1.95. The first-order valence-corrected chi connectivity index (χ1v) is 3.11. The van der Waals surface area contributed by atoms with E-state index in [-0.39, 0.29) is 123 Å². The van der Waals surface area contributed by atoms with Crippen molar-refractivity contribution in [1.29, 1.82) is 0 Å². The minimum absolute atomic E-state index is 0. The van der Waals surface area contributed by atoms with Crippen LogP contribution in [0.15, 0.2) is 0 Å². The Labute approximate surface area is 175 Å². The van der Waals surface area contributed by atoms with Gasteiger partial charge in [0, 0.05) is 0 Å². The zero-order valence-corrected chi connectivity index (χ0v) is 8.15. The van der Waals surface area contributed by atoms with Crippen molar-refractivity contribution < 1.29 is 51.2 Å². The Balaban J connectivity index is -0.0000000288. The number of esters is 1. The summed E-state index contributed by atoms with van der Waals surface area (Å²) in [5.74, 6) is -3.21. The molecule has 0 aromatic carbocycles. The topological polar surface area (TPSA) is 227 Å². The molecule has 0 heterocycles. The van der Waals surface area contributed by atoms with Crippen LogP contribution in [-0.4, -0.2) is 145 Å². The summed E-state index contributed by atoms with van der Waals surface area (Å²) >= 11 is 0. The van der Waals surface area contributed by atoms with Gasteiger partial charge < -0.3 is 36.9 Å². The Morgan fingerprint density at radius 2 is 1.11 bits per heavy atom. The molecule has 0 fully saturated rings. The number of ether oxygens (including phenoxy) is 1. The number of hydrogen-bond donors (Lipinski definition) is 2. The molecule has 106 valence electrons. The third-order valence-corrected chi connectivity index (χ3v) is 0.900. The molecule has 0 aliphatic heterocycles. The average Bonchev–Trinajstić information content (AvgIpc) is 1.96. The minimum atomic E-state index is -1.27. The summed E-state index contributed by atoms with van der Waals surface area (Å²) in [6.07, 6.45) is -0.652. The second kappa shape index (κ2) is 31.6. The van der Waals surface area contributed by atoms with Crippen LogP contribution in [0.4, 0.5) is 0 Å². The molecule has 13 heteroatoms. The van der Waals surface area contributed by atoms with Crippen LogP contribution in [0.1, 0.15) is 12.8 Å². The van der Waals surface area contributed by atoms with E-state index in [0.717, 1.165) is 0 Å². The summed E-state index contributed by atoms with van der Waals surface area (Å²) in [6, 6.07) is 0. The van der Waals surface area contributed by atoms with E-state index in [1.165, 1.54) is 0 Å². The van der Waals surface area contributed by atoms with Crippen LogP contribution in [0.2, 0.25) is 0 Å². The first-order chi connectivity index (χ1) is 5.52. The fourth-order valence-electron chi connectivity index (χ4n) is 0.423. The standard InChI is InChI=1S/C6H8O6.3Na.4H2O.3H/c7-4(8)1-2-6(11)12-3-5(9)10;;;;;;;;;;/h1-3H2,(H,7,8)(H,9,10);;;;4*1H2;;;. The first kappa shape index (κ1) is 50.0. The van der Waals surface area contributed by atoms with Gasteiger partial charge in [-0.1, -0.05) is 0 Å². The van der Waals surface area contributed by atoms with Crippen molar-refractivity contribution >= 4 is 107 Å². The first-order valence-electron chi connectivity index (χ1n) is 3.11.